The van der Waals surface area contributed by atoms with Crippen molar-refractivity contribution in [3.63, 3.8) is 0 Å². The highest BCUT2D eigenvalue weighted by Crippen LogP contribution is 2.21. The summed E-state index contributed by atoms with van der Waals surface area (Å²) < 4.78 is 5.73. The van der Waals surface area contributed by atoms with Gasteiger partial charge in [0, 0.05) is 0 Å². The summed E-state index contributed by atoms with van der Waals surface area (Å²) in [5.74, 6) is 0. The zero-order chi connectivity index (χ0) is 9.10. The lowest BCUT2D eigenvalue weighted by atomic mass is 10.3. The maximum atomic E-state index is 9.95. The van der Waals surface area contributed by atoms with E-state index in [1.165, 1.54) is 0 Å². The third-order valence-electron chi connectivity index (χ3n) is 1.61. The van der Waals surface area contributed by atoms with Crippen molar-refractivity contribution in [1.82, 2.24) is 4.98 Å². The summed E-state index contributed by atoms with van der Waals surface area (Å²) in [6, 6.07) is 7.84. The highest BCUT2D eigenvalue weighted by molar-refractivity contribution is 7.18. The van der Waals surface area contributed by atoms with Crippen LogP contribution in [0.25, 0.3) is 10.2 Å². The molecule has 13 heavy (non-hydrogen) atoms. The fourth-order valence-corrected chi connectivity index (χ4v) is 1.98. The van der Waals surface area contributed by atoms with Crippen molar-refractivity contribution < 1.29 is 9.53 Å². The van der Waals surface area contributed by atoms with Crippen LogP contribution in [0.3, 0.4) is 0 Å². The predicted molar refractivity (Wildman–Crippen MR) is 50.5 cm³/mol. The third-order valence-corrected chi connectivity index (χ3v) is 2.62. The molecule has 1 heterocycles. The monoisotopic (exact) mass is 193 g/mol. The summed E-state index contributed by atoms with van der Waals surface area (Å²) in [7, 11) is 0. The minimum absolute atomic E-state index is 0.267. The topological polar surface area (TPSA) is 39.2 Å². The lowest BCUT2D eigenvalue weighted by Crippen LogP contribution is -1.87. The van der Waals surface area contributed by atoms with Crippen molar-refractivity contribution in [3.05, 3.63) is 29.3 Å². The summed E-state index contributed by atoms with van der Waals surface area (Å²) in [5, 5.41) is 0.827. The summed E-state index contributed by atoms with van der Waals surface area (Å²) in [4.78, 5) is 14.2. The first-order chi connectivity index (χ1) is 6.40. The zero-order valence-electron chi connectivity index (χ0n) is 6.77. The smallest absolute Gasteiger partial charge is 0.293 e. The van der Waals surface area contributed by atoms with Crippen LogP contribution in [0.1, 0.15) is 5.01 Å². The van der Waals surface area contributed by atoms with Gasteiger partial charge in [0.15, 0.2) is 0 Å². The first kappa shape index (κ1) is 8.19. The Kier molecular flexibility index (Phi) is 2.23. The van der Waals surface area contributed by atoms with Gasteiger partial charge in [0.1, 0.15) is 11.6 Å². The molecule has 0 radical (unpaired) electrons. The SMILES string of the molecule is O=COCc1nc2ccccc2s1. The van der Waals surface area contributed by atoms with E-state index in [-0.39, 0.29) is 6.61 Å². The van der Waals surface area contributed by atoms with Gasteiger partial charge >= 0.3 is 0 Å². The van der Waals surface area contributed by atoms with Gasteiger partial charge in [-0.2, -0.15) is 0 Å². The highest BCUT2D eigenvalue weighted by Gasteiger charge is 2.01. The largest absolute Gasteiger partial charge is 0.460 e. The van der Waals surface area contributed by atoms with Crippen LogP contribution < -0.4 is 0 Å². The molecule has 3 nitrogen and oxygen atoms in total. The van der Waals surface area contributed by atoms with Crippen LogP contribution in [0.15, 0.2) is 24.3 Å². The van der Waals surface area contributed by atoms with Crippen LogP contribution in [0, 0.1) is 0 Å². The number of fused-ring (bicyclic) bond motifs is 1. The quantitative estimate of drug-likeness (QED) is 0.699. The summed E-state index contributed by atoms with van der Waals surface area (Å²) in [6.07, 6.45) is 0. The molecule has 2 aromatic rings. The van der Waals surface area contributed by atoms with Gasteiger partial charge in [-0.1, -0.05) is 12.1 Å². The molecule has 0 aliphatic rings. The second-order valence-electron chi connectivity index (χ2n) is 2.48. The van der Waals surface area contributed by atoms with E-state index >= 15 is 0 Å². The van der Waals surface area contributed by atoms with Crippen LogP contribution in [-0.2, 0) is 16.1 Å². The van der Waals surface area contributed by atoms with Gasteiger partial charge in [0.2, 0.25) is 0 Å². The van der Waals surface area contributed by atoms with Gasteiger partial charge in [-0.3, -0.25) is 4.79 Å². The maximum absolute atomic E-state index is 9.95. The highest BCUT2D eigenvalue weighted by atomic mass is 32.1. The first-order valence-corrected chi connectivity index (χ1v) is 4.61. The fourth-order valence-electron chi connectivity index (χ4n) is 1.09. The number of hydrogen-bond donors (Lipinski definition) is 0. The van der Waals surface area contributed by atoms with Crippen LogP contribution in [-0.4, -0.2) is 11.5 Å². The predicted octanol–water partition coefficient (Wildman–Crippen LogP) is 1.97. The van der Waals surface area contributed by atoms with E-state index in [4.69, 9.17) is 0 Å². The van der Waals surface area contributed by atoms with Crippen LogP contribution in [0.5, 0.6) is 0 Å². The second-order valence-corrected chi connectivity index (χ2v) is 3.60. The molecular formula is C9H7NO2S. The second kappa shape index (κ2) is 3.53. The number of para-hydroxylation sites is 1. The summed E-state index contributed by atoms with van der Waals surface area (Å²) in [5.41, 5.74) is 0.956. The Hall–Kier alpha value is -1.42. The molecule has 0 amide bonds. The molecule has 66 valence electrons. The molecule has 0 saturated carbocycles. The van der Waals surface area contributed by atoms with Crippen LogP contribution in [0.4, 0.5) is 0 Å². The number of carbonyl (C=O) groups is 1. The normalized spacial score (nSPS) is 10.2. The van der Waals surface area contributed by atoms with Gasteiger partial charge in [-0.25, -0.2) is 4.98 Å². The van der Waals surface area contributed by atoms with Crippen molar-refractivity contribution in [2.24, 2.45) is 0 Å². The van der Waals surface area contributed by atoms with E-state index in [9.17, 15) is 4.79 Å². The van der Waals surface area contributed by atoms with E-state index in [1.807, 2.05) is 24.3 Å². The van der Waals surface area contributed by atoms with E-state index < -0.39 is 0 Å². The molecule has 2 rings (SSSR count). The number of nitrogens with zero attached hydrogens (tertiary/aromatic N) is 1. The lowest BCUT2D eigenvalue weighted by Gasteiger charge is -1.89. The Balaban J connectivity index is 2.32. The average Bonchev–Trinajstić information content (AvgIpc) is 2.57. The molecule has 0 N–H and O–H groups in total. The average molecular weight is 193 g/mol. The van der Waals surface area contributed by atoms with Crippen molar-refractivity contribution in [1.29, 1.82) is 0 Å². The number of benzene rings is 1. The van der Waals surface area contributed by atoms with Crippen molar-refractivity contribution in [2.75, 3.05) is 0 Å². The van der Waals surface area contributed by atoms with Crippen LogP contribution >= 0.6 is 11.3 Å². The Bertz CT molecular complexity index is 391. The van der Waals surface area contributed by atoms with Crippen molar-refractivity contribution in [2.45, 2.75) is 6.61 Å². The zero-order valence-corrected chi connectivity index (χ0v) is 7.58. The molecule has 4 heteroatoms. The number of thiazole rings is 1. The summed E-state index contributed by atoms with van der Waals surface area (Å²) in [6.45, 7) is 0.703. The van der Waals surface area contributed by atoms with Gasteiger partial charge in [0.25, 0.3) is 6.47 Å². The Morgan fingerprint density at radius 3 is 3.08 bits per heavy atom. The van der Waals surface area contributed by atoms with E-state index in [1.54, 1.807) is 11.3 Å². The Morgan fingerprint density at radius 2 is 2.31 bits per heavy atom. The molecular weight excluding hydrogens is 186 g/mol. The number of rotatable bonds is 3. The minimum Gasteiger partial charge on any atom is -0.460 e. The first-order valence-electron chi connectivity index (χ1n) is 3.80. The standard InChI is InChI=1S/C9H7NO2S/c11-6-12-5-9-10-7-3-1-2-4-8(7)13-9/h1-4,6H,5H2. The van der Waals surface area contributed by atoms with Crippen molar-refractivity contribution >= 4 is 28.0 Å². The summed E-state index contributed by atoms with van der Waals surface area (Å²) >= 11 is 1.54. The molecule has 0 saturated heterocycles. The van der Waals surface area contributed by atoms with E-state index in [0.717, 1.165) is 15.2 Å². The molecule has 0 aliphatic heterocycles. The molecule has 1 aromatic carbocycles. The van der Waals surface area contributed by atoms with E-state index in [0.29, 0.717) is 6.47 Å². The molecule has 0 spiro atoms. The minimum atomic E-state index is 0.267. The molecule has 1 aromatic heterocycles. The number of carbonyl (C=O) groups excluding carboxylic acids is 1. The van der Waals surface area contributed by atoms with Gasteiger partial charge < -0.3 is 4.74 Å². The van der Waals surface area contributed by atoms with Gasteiger partial charge in [-0.15, -0.1) is 11.3 Å². The molecule has 0 bridgehead atoms. The van der Waals surface area contributed by atoms with Gasteiger partial charge in [-0.05, 0) is 12.1 Å². The molecule has 0 aliphatic carbocycles. The van der Waals surface area contributed by atoms with Gasteiger partial charge in [0.05, 0.1) is 10.2 Å². The van der Waals surface area contributed by atoms with E-state index in [2.05, 4.69) is 9.72 Å². The Labute approximate surface area is 79.0 Å². The lowest BCUT2D eigenvalue weighted by molar-refractivity contribution is -0.129. The Morgan fingerprint density at radius 1 is 1.46 bits per heavy atom. The third kappa shape index (κ3) is 1.67. The molecule has 0 atom stereocenters. The maximum Gasteiger partial charge on any atom is 0.293 e. The van der Waals surface area contributed by atoms with Crippen LogP contribution in [0.2, 0.25) is 0 Å². The molecule has 0 fully saturated rings. The fraction of sp³-hybridized carbons (Fsp3) is 0.111. The number of aromatic nitrogens is 1. The van der Waals surface area contributed by atoms with Crippen molar-refractivity contribution in [3.8, 4) is 0 Å². The number of hydrogen-bond acceptors (Lipinski definition) is 4. The molecule has 0 unspecified atom stereocenters. The number of ether oxygens (including phenoxy) is 1.